The van der Waals surface area contributed by atoms with E-state index in [2.05, 4.69) is 0 Å². The van der Waals surface area contributed by atoms with Crippen LogP contribution < -0.4 is 5.32 Å². The Hall–Kier alpha value is -1.49. The molecule has 3 N–H and O–H groups in total. The summed E-state index contributed by atoms with van der Waals surface area (Å²) in [4.78, 5) is 9.37. The fourth-order valence-electron chi connectivity index (χ4n) is 1.11. The monoisotopic (exact) mass is 294 g/mol. The van der Waals surface area contributed by atoms with Gasteiger partial charge in [-0.25, -0.2) is 0 Å². The number of anilines is 1. The van der Waals surface area contributed by atoms with Crippen molar-refractivity contribution in [2.45, 2.75) is 16.7 Å². The predicted octanol–water partition coefficient (Wildman–Crippen LogP) is -0.0614. The summed E-state index contributed by atoms with van der Waals surface area (Å²) in [6, 6.07) is 3.26. The lowest BCUT2D eigenvalue weighted by Crippen LogP contribution is -2.12. The van der Waals surface area contributed by atoms with Crippen molar-refractivity contribution >= 4 is 31.8 Å². The summed E-state index contributed by atoms with van der Waals surface area (Å²) in [5, 5.41) is 2.02. The number of rotatable bonds is 3. The molecule has 0 saturated carbocycles. The molecule has 1 amide bonds. The summed E-state index contributed by atoms with van der Waals surface area (Å²) < 4.78 is 61.2. The van der Waals surface area contributed by atoms with Gasteiger partial charge in [-0.2, -0.15) is 16.8 Å². The smallest absolute Gasteiger partial charge is 0.296 e. The van der Waals surface area contributed by atoms with Gasteiger partial charge in [-0.3, -0.25) is 13.9 Å². The van der Waals surface area contributed by atoms with E-state index in [1.165, 1.54) is 0 Å². The van der Waals surface area contributed by atoms with Crippen molar-refractivity contribution < 1.29 is 30.7 Å². The zero-order chi connectivity index (χ0) is 14.1. The van der Waals surface area contributed by atoms with Gasteiger partial charge in [0, 0.05) is 13.0 Å². The van der Waals surface area contributed by atoms with Crippen molar-refractivity contribution in [1.82, 2.24) is 0 Å². The number of carbonyl (C=O) groups is 1. The number of hydrogen-bond acceptors (Lipinski definition) is 5. The molecule has 18 heavy (non-hydrogen) atoms. The van der Waals surface area contributed by atoms with Crippen LogP contribution in [0.4, 0.5) is 5.69 Å². The van der Waals surface area contributed by atoms with E-state index in [0.29, 0.717) is 12.1 Å². The van der Waals surface area contributed by atoms with Crippen molar-refractivity contribution in [2.75, 3.05) is 5.32 Å². The van der Waals surface area contributed by atoms with E-state index >= 15 is 0 Å². The third kappa shape index (κ3) is 3.50. The van der Waals surface area contributed by atoms with Gasteiger partial charge in [-0.1, -0.05) is 0 Å². The van der Waals surface area contributed by atoms with E-state index in [1.54, 1.807) is 0 Å². The Morgan fingerprint density at radius 1 is 1.22 bits per heavy atom. The zero-order valence-corrected chi connectivity index (χ0v) is 10.5. The van der Waals surface area contributed by atoms with Gasteiger partial charge < -0.3 is 5.32 Å². The van der Waals surface area contributed by atoms with Crippen LogP contribution in [0.1, 0.15) is 6.92 Å². The molecule has 0 fully saturated rings. The number of benzene rings is 1. The average molecular weight is 294 g/mol. The van der Waals surface area contributed by atoms with Crippen LogP contribution in [-0.4, -0.2) is 31.8 Å². The fraction of sp³-hybridized carbons (Fsp3) is 0.125. The largest absolute Gasteiger partial charge is 0.325 e. The van der Waals surface area contributed by atoms with E-state index in [9.17, 15) is 21.6 Å². The maximum absolute atomic E-state index is 11.0. The third-order valence-electron chi connectivity index (χ3n) is 1.75. The summed E-state index contributed by atoms with van der Waals surface area (Å²) in [6.45, 7) is 1.05. The molecule has 0 unspecified atom stereocenters. The Bertz CT molecular complexity index is 690. The molecule has 1 radical (unpaired) electrons. The minimum atomic E-state index is -4.66. The van der Waals surface area contributed by atoms with Crippen LogP contribution in [0.5, 0.6) is 0 Å². The molecule has 8 nitrogen and oxygen atoms in total. The molecule has 0 heterocycles. The topological polar surface area (TPSA) is 138 Å². The van der Waals surface area contributed by atoms with Crippen LogP contribution in [0.3, 0.4) is 0 Å². The van der Waals surface area contributed by atoms with Crippen LogP contribution in [0.25, 0.3) is 0 Å². The van der Waals surface area contributed by atoms with E-state index in [1.807, 2.05) is 11.4 Å². The summed E-state index contributed by atoms with van der Waals surface area (Å²) in [5.74, 6) is -0.688. The average Bonchev–Trinajstić information content (AvgIpc) is 2.13. The van der Waals surface area contributed by atoms with Gasteiger partial charge in [-0.15, -0.1) is 0 Å². The van der Waals surface area contributed by atoms with Crippen LogP contribution in [0.15, 0.2) is 21.9 Å². The quantitative estimate of drug-likeness (QED) is 0.664. The second-order valence-corrected chi connectivity index (χ2v) is 5.99. The maximum atomic E-state index is 11.0. The SMILES string of the molecule is CC(=O)Nc1cc(S(=O)(=O)O)[c]cc1S(=O)(=O)O. The molecule has 0 saturated heterocycles. The molecular formula is C8H8NO7S2. The molecule has 99 valence electrons. The van der Waals surface area contributed by atoms with Crippen LogP contribution in [0, 0.1) is 6.07 Å². The lowest BCUT2D eigenvalue weighted by atomic mass is 10.3. The van der Waals surface area contributed by atoms with Crippen LogP contribution in [-0.2, 0) is 25.0 Å². The first-order chi connectivity index (χ1) is 8.01. The molecule has 0 aliphatic carbocycles. The highest BCUT2D eigenvalue weighted by molar-refractivity contribution is 7.86. The van der Waals surface area contributed by atoms with Crippen LogP contribution in [0.2, 0.25) is 0 Å². The summed E-state index contributed by atoms with van der Waals surface area (Å²) in [7, 11) is -9.27. The maximum Gasteiger partial charge on any atom is 0.296 e. The van der Waals surface area contributed by atoms with Gasteiger partial charge in [0.25, 0.3) is 20.2 Å². The highest BCUT2D eigenvalue weighted by Gasteiger charge is 2.20. The highest BCUT2D eigenvalue weighted by atomic mass is 32.2. The molecule has 0 spiro atoms. The van der Waals surface area contributed by atoms with Gasteiger partial charge in [0.05, 0.1) is 5.69 Å². The molecule has 0 atom stereocenters. The minimum Gasteiger partial charge on any atom is -0.325 e. The van der Waals surface area contributed by atoms with Gasteiger partial charge >= 0.3 is 0 Å². The van der Waals surface area contributed by atoms with Crippen molar-refractivity contribution in [1.29, 1.82) is 0 Å². The Kier molecular flexibility index (Phi) is 3.76. The number of carbonyl (C=O) groups excluding carboxylic acids is 1. The van der Waals surface area contributed by atoms with Gasteiger partial charge in [0.2, 0.25) is 5.91 Å². The Morgan fingerprint density at radius 2 is 1.78 bits per heavy atom. The van der Waals surface area contributed by atoms with E-state index in [0.717, 1.165) is 6.92 Å². The second kappa shape index (κ2) is 4.65. The molecular weight excluding hydrogens is 286 g/mol. The molecule has 10 heteroatoms. The lowest BCUT2D eigenvalue weighted by molar-refractivity contribution is -0.114. The van der Waals surface area contributed by atoms with Crippen LogP contribution >= 0.6 is 0 Å². The molecule has 1 aromatic rings. The first-order valence-electron chi connectivity index (χ1n) is 4.30. The summed E-state index contributed by atoms with van der Waals surface area (Å²) >= 11 is 0. The molecule has 0 aromatic heterocycles. The van der Waals surface area contributed by atoms with Crippen molar-refractivity contribution in [3.05, 3.63) is 18.2 Å². The molecule has 0 bridgehead atoms. The van der Waals surface area contributed by atoms with E-state index in [-0.39, 0.29) is 0 Å². The third-order valence-corrected chi connectivity index (χ3v) is 3.44. The van der Waals surface area contributed by atoms with Gasteiger partial charge in [0.15, 0.2) is 0 Å². The highest BCUT2D eigenvalue weighted by Crippen LogP contribution is 2.24. The van der Waals surface area contributed by atoms with Gasteiger partial charge in [-0.05, 0) is 12.1 Å². The lowest BCUT2D eigenvalue weighted by Gasteiger charge is -2.08. The fourth-order valence-corrected chi connectivity index (χ4v) is 2.18. The molecule has 0 aliphatic rings. The van der Waals surface area contributed by atoms with Crippen molar-refractivity contribution in [2.24, 2.45) is 0 Å². The standard InChI is InChI=1S/C8H8NO7S2/c1-5(10)9-7-4-6(17(11,12)13)2-3-8(7)18(14,15)16/h3-4H,1H3,(H,9,10)(H,11,12,13)(H,14,15,16). The number of hydrogen-bond donors (Lipinski definition) is 3. The molecule has 0 aliphatic heterocycles. The summed E-state index contributed by atoms with van der Waals surface area (Å²) in [5.41, 5.74) is -0.476. The number of amides is 1. The first kappa shape index (κ1) is 14.6. The molecule has 1 rings (SSSR count). The Labute approximate surface area is 103 Å². The van der Waals surface area contributed by atoms with Crippen molar-refractivity contribution in [3.8, 4) is 0 Å². The second-order valence-electron chi connectivity index (χ2n) is 3.21. The van der Waals surface area contributed by atoms with E-state index in [4.69, 9.17) is 9.11 Å². The van der Waals surface area contributed by atoms with Gasteiger partial charge in [0.1, 0.15) is 9.79 Å². The number of nitrogens with one attached hydrogen (secondary N) is 1. The van der Waals surface area contributed by atoms with Crippen molar-refractivity contribution in [3.63, 3.8) is 0 Å². The zero-order valence-electron chi connectivity index (χ0n) is 8.91. The minimum absolute atomic E-state index is 0.476. The summed E-state index contributed by atoms with van der Waals surface area (Å²) in [6.07, 6.45) is 0. The predicted molar refractivity (Wildman–Crippen MR) is 59.2 cm³/mol. The van der Waals surface area contributed by atoms with E-state index < -0.39 is 41.6 Å². The Morgan fingerprint density at radius 3 is 2.17 bits per heavy atom. The Balaban J connectivity index is 3.53. The normalized spacial score (nSPS) is 12.2. The molecule has 1 aromatic carbocycles. The first-order valence-corrected chi connectivity index (χ1v) is 7.18.